The van der Waals surface area contributed by atoms with E-state index in [4.69, 9.17) is 9.72 Å². The zero-order chi connectivity index (χ0) is 19.1. The van der Waals surface area contributed by atoms with E-state index in [1.807, 2.05) is 65.7 Å². The summed E-state index contributed by atoms with van der Waals surface area (Å²) in [5, 5.41) is 0. The molecule has 0 radical (unpaired) electrons. The Morgan fingerprint density at radius 1 is 1.07 bits per heavy atom. The van der Waals surface area contributed by atoms with Crippen LogP contribution in [0.5, 0.6) is 5.75 Å². The number of hydrogen-bond donors (Lipinski definition) is 0. The minimum Gasteiger partial charge on any atom is -0.496 e. The smallest absolute Gasteiger partial charge is 0.258 e. The summed E-state index contributed by atoms with van der Waals surface area (Å²) >= 11 is 0. The molecule has 2 aliphatic rings. The fourth-order valence-corrected chi connectivity index (χ4v) is 4.47. The third-order valence-electron chi connectivity index (χ3n) is 5.79. The van der Waals surface area contributed by atoms with Gasteiger partial charge in [-0.15, -0.1) is 0 Å². The van der Waals surface area contributed by atoms with Crippen molar-refractivity contribution in [2.45, 2.75) is 31.3 Å². The van der Waals surface area contributed by atoms with Gasteiger partial charge in [0.05, 0.1) is 24.4 Å². The second-order valence-electron chi connectivity index (χ2n) is 7.33. The van der Waals surface area contributed by atoms with Gasteiger partial charge in [-0.3, -0.25) is 4.79 Å². The molecule has 0 spiro atoms. The van der Waals surface area contributed by atoms with Gasteiger partial charge >= 0.3 is 0 Å². The van der Waals surface area contributed by atoms with E-state index in [0.717, 1.165) is 41.9 Å². The molecule has 0 unspecified atom stereocenters. The fourth-order valence-electron chi connectivity index (χ4n) is 4.47. The van der Waals surface area contributed by atoms with Gasteiger partial charge in [0, 0.05) is 29.8 Å². The van der Waals surface area contributed by atoms with Crippen LogP contribution in [-0.2, 0) is 6.42 Å². The van der Waals surface area contributed by atoms with E-state index in [0.29, 0.717) is 11.3 Å². The summed E-state index contributed by atoms with van der Waals surface area (Å²) in [6.07, 6.45) is 4.63. The molecule has 1 aromatic heterocycles. The molecular formula is C23H21N3O2. The minimum atomic E-state index is 0.0303. The maximum absolute atomic E-state index is 13.3. The van der Waals surface area contributed by atoms with Crippen molar-refractivity contribution in [3.63, 3.8) is 0 Å². The molecule has 2 aromatic carbocycles. The number of ether oxygens (including phenoxy) is 1. The molecule has 0 aliphatic carbocycles. The van der Waals surface area contributed by atoms with Gasteiger partial charge in [0.1, 0.15) is 5.75 Å². The summed E-state index contributed by atoms with van der Waals surface area (Å²) in [6, 6.07) is 17.7. The maximum atomic E-state index is 13.3. The van der Waals surface area contributed by atoms with Crippen molar-refractivity contribution in [1.82, 2.24) is 14.9 Å². The van der Waals surface area contributed by atoms with Crippen molar-refractivity contribution in [2.75, 3.05) is 7.11 Å². The van der Waals surface area contributed by atoms with Crippen LogP contribution in [-0.4, -0.2) is 33.9 Å². The number of hydrogen-bond acceptors (Lipinski definition) is 4. The van der Waals surface area contributed by atoms with Crippen LogP contribution >= 0.6 is 0 Å². The monoisotopic (exact) mass is 371 g/mol. The second kappa shape index (κ2) is 6.75. The van der Waals surface area contributed by atoms with E-state index in [1.165, 1.54) is 0 Å². The lowest BCUT2D eigenvalue weighted by Gasteiger charge is -2.36. The van der Waals surface area contributed by atoms with Gasteiger partial charge in [0.15, 0.2) is 5.82 Å². The van der Waals surface area contributed by atoms with Gasteiger partial charge in [-0.25, -0.2) is 9.97 Å². The number of aromatic nitrogens is 2. The lowest BCUT2D eigenvalue weighted by atomic mass is 9.97. The third kappa shape index (κ3) is 2.66. The molecule has 28 heavy (non-hydrogen) atoms. The van der Waals surface area contributed by atoms with Gasteiger partial charge in [0.25, 0.3) is 5.91 Å². The molecule has 1 fully saturated rings. The summed E-state index contributed by atoms with van der Waals surface area (Å²) in [6.45, 7) is 0. The van der Waals surface area contributed by atoms with E-state index in [2.05, 4.69) is 4.98 Å². The largest absolute Gasteiger partial charge is 0.496 e. The van der Waals surface area contributed by atoms with E-state index in [1.54, 1.807) is 7.11 Å². The molecule has 2 atom stereocenters. The Balaban J connectivity index is 1.50. The molecule has 3 heterocycles. The van der Waals surface area contributed by atoms with Gasteiger partial charge < -0.3 is 9.64 Å². The number of carbonyl (C=O) groups excluding carboxylic acids is 1. The summed E-state index contributed by atoms with van der Waals surface area (Å²) in [4.78, 5) is 24.8. The molecule has 2 aliphatic heterocycles. The normalized spacial score (nSPS) is 20.0. The highest BCUT2D eigenvalue weighted by Crippen LogP contribution is 2.44. The Labute approximate surface area is 164 Å². The Kier molecular flexibility index (Phi) is 4.08. The fraction of sp³-hybridized carbons (Fsp3) is 0.261. The highest BCUT2D eigenvalue weighted by Gasteiger charge is 2.44. The van der Waals surface area contributed by atoms with Crippen LogP contribution in [0.1, 0.15) is 40.5 Å². The maximum Gasteiger partial charge on any atom is 0.258 e. The van der Waals surface area contributed by atoms with Crippen LogP contribution < -0.4 is 4.74 Å². The number of rotatable bonds is 3. The number of methoxy groups -OCH3 is 1. The predicted molar refractivity (Wildman–Crippen MR) is 106 cm³/mol. The molecule has 5 nitrogen and oxygen atoms in total. The standard InChI is InChI=1S/C23H21N3O2/c1-28-21-10-6-5-9-17(21)23(27)26-16-11-12-20(26)18-14-24-22(25-19(18)13-16)15-7-3-2-4-8-15/h2-10,14,16,20H,11-13H2,1H3/t16-,20+/m0/s1. The third-order valence-corrected chi connectivity index (χ3v) is 5.79. The first-order valence-corrected chi connectivity index (χ1v) is 9.63. The minimum absolute atomic E-state index is 0.0303. The Morgan fingerprint density at radius 3 is 2.68 bits per heavy atom. The molecule has 0 N–H and O–H groups in total. The molecule has 5 heteroatoms. The number of amides is 1. The lowest BCUT2D eigenvalue weighted by molar-refractivity contribution is 0.0640. The lowest BCUT2D eigenvalue weighted by Crippen LogP contribution is -2.42. The molecule has 0 saturated carbocycles. The number of carbonyl (C=O) groups is 1. The zero-order valence-electron chi connectivity index (χ0n) is 15.7. The molecule has 2 bridgehead atoms. The van der Waals surface area contributed by atoms with E-state index >= 15 is 0 Å². The Bertz CT molecular complexity index is 1040. The molecular weight excluding hydrogens is 350 g/mol. The number of para-hydroxylation sites is 1. The van der Waals surface area contributed by atoms with Gasteiger partial charge in [-0.1, -0.05) is 42.5 Å². The predicted octanol–water partition coefficient (Wildman–Crippen LogP) is 4.05. The van der Waals surface area contributed by atoms with Gasteiger partial charge in [-0.2, -0.15) is 0 Å². The van der Waals surface area contributed by atoms with Crippen molar-refractivity contribution in [2.24, 2.45) is 0 Å². The molecule has 5 rings (SSSR count). The molecule has 1 saturated heterocycles. The van der Waals surface area contributed by atoms with Crippen molar-refractivity contribution in [3.8, 4) is 17.1 Å². The van der Waals surface area contributed by atoms with Gasteiger partial charge in [-0.05, 0) is 25.0 Å². The van der Waals surface area contributed by atoms with Crippen molar-refractivity contribution < 1.29 is 9.53 Å². The topological polar surface area (TPSA) is 55.3 Å². The number of benzene rings is 2. The summed E-state index contributed by atoms with van der Waals surface area (Å²) < 4.78 is 5.41. The average Bonchev–Trinajstić information content (AvgIpc) is 3.08. The first-order chi connectivity index (χ1) is 13.8. The van der Waals surface area contributed by atoms with Crippen LogP contribution in [0.25, 0.3) is 11.4 Å². The molecule has 140 valence electrons. The van der Waals surface area contributed by atoms with Crippen molar-refractivity contribution in [3.05, 3.63) is 77.6 Å². The quantitative estimate of drug-likeness (QED) is 0.697. The Hall–Kier alpha value is -3.21. The van der Waals surface area contributed by atoms with Gasteiger partial charge in [0.2, 0.25) is 0 Å². The highest BCUT2D eigenvalue weighted by atomic mass is 16.5. The average molecular weight is 371 g/mol. The Morgan fingerprint density at radius 2 is 1.86 bits per heavy atom. The van der Waals surface area contributed by atoms with Crippen LogP contribution in [0.15, 0.2) is 60.8 Å². The van der Waals surface area contributed by atoms with Crippen LogP contribution in [0.2, 0.25) is 0 Å². The summed E-state index contributed by atoms with van der Waals surface area (Å²) in [7, 11) is 1.60. The molecule has 1 amide bonds. The van der Waals surface area contributed by atoms with E-state index in [-0.39, 0.29) is 18.0 Å². The van der Waals surface area contributed by atoms with Crippen LogP contribution in [0, 0.1) is 0 Å². The van der Waals surface area contributed by atoms with E-state index < -0.39 is 0 Å². The van der Waals surface area contributed by atoms with E-state index in [9.17, 15) is 4.79 Å². The van der Waals surface area contributed by atoms with Crippen LogP contribution in [0.4, 0.5) is 0 Å². The summed E-state index contributed by atoms with van der Waals surface area (Å²) in [5.74, 6) is 1.40. The number of nitrogens with zero attached hydrogens (tertiary/aromatic N) is 3. The highest BCUT2D eigenvalue weighted by molar-refractivity contribution is 5.97. The number of fused-ring (bicyclic) bond motifs is 4. The molecule has 3 aromatic rings. The summed E-state index contributed by atoms with van der Waals surface area (Å²) in [5.41, 5.74) is 3.79. The first-order valence-electron chi connectivity index (χ1n) is 9.63. The zero-order valence-corrected chi connectivity index (χ0v) is 15.7. The first kappa shape index (κ1) is 16.9. The second-order valence-corrected chi connectivity index (χ2v) is 7.33. The van der Waals surface area contributed by atoms with Crippen LogP contribution in [0.3, 0.4) is 0 Å². The van der Waals surface area contributed by atoms with Crippen molar-refractivity contribution in [1.29, 1.82) is 0 Å². The SMILES string of the molecule is COc1ccccc1C(=O)N1[C@H]2CC[C@@H]1c1cnc(-c3ccccc3)nc1C2. The van der Waals surface area contributed by atoms with Crippen molar-refractivity contribution >= 4 is 5.91 Å².